The highest BCUT2D eigenvalue weighted by atomic mass is 16.5. The van der Waals surface area contributed by atoms with Crippen LogP contribution in [-0.2, 0) is 4.79 Å². The SMILES string of the molecule is O=C(CCN1CC2CCCC2C1)Oc1ccc2cccnc2c1. The van der Waals surface area contributed by atoms with E-state index in [2.05, 4.69) is 9.88 Å². The van der Waals surface area contributed by atoms with Crippen LogP contribution in [0.1, 0.15) is 25.7 Å². The molecule has 2 aromatic rings. The number of esters is 1. The van der Waals surface area contributed by atoms with Gasteiger partial charge in [-0.05, 0) is 42.9 Å². The molecule has 4 nitrogen and oxygen atoms in total. The molecule has 4 heteroatoms. The summed E-state index contributed by atoms with van der Waals surface area (Å²) in [6.45, 7) is 3.15. The number of pyridine rings is 1. The molecular formula is C19H22N2O2. The van der Waals surface area contributed by atoms with Gasteiger partial charge in [0.25, 0.3) is 0 Å². The molecule has 1 aromatic carbocycles. The molecule has 0 N–H and O–H groups in total. The number of aromatic nitrogens is 1. The van der Waals surface area contributed by atoms with Crippen molar-refractivity contribution in [3.8, 4) is 5.75 Å². The quantitative estimate of drug-likeness (QED) is 0.642. The number of hydrogen-bond donors (Lipinski definition) is 0. The van der Waals surface area contributed by atoms with Crippen LogP contribution in [0.5, 0.6) is 5.75 Å². The van der Waals surface area contributed by atoms with Crippen LogP contribution in [0, 0.1) is 11.8 Å². The molecule has 1 saturated heterocycles. The van der Waals surface area contributed by atoms with E-state index in [9.17, 15) is 4.79 Å². The second-order valence-electron chi connectivity index (χ2n) is 6.79. The molecule has 2 aliphatic rings. The lowest BCUT2D eigenvalue weighted by atomic mass is 10.0. The van der Waals surface area contributed by atoms with Crippen LogP contribution >= 0.6 is 0 Å². The van der Waals surface area contributed by atoms with Crippen molar-refractivity contribution < 1.29 is 9.53 Å². The molecule has 1 aliphatic heterocycles. The normalized spacial score (nSPS) is 24.0. The van der Waals surface area contributed by atoms with Gasteiger partial charge in [-0.15, -0.1) is 0 Å². The van der Waals surface area contributed by atoms with E-state index >= 15 is 0 Å². The fraction of sp³-hybridized carbons (Fsp3) is 0.474. The minimum Gasteiger partial charge on any atom is -0.426 e. The van der Waals surface area contributed by atoms with E-state index in [0.29, 0.717) is 12.2 Å². The third-order valence-electron chi connectivity index (χ3n) is 5.24. The van der Waals surface area contributed by atoms with Crippen molar-refractivity contribution >= 4 is 16.9 Å². The first-order chi connectivity index (χ1) is 11.3. The highest BCUT2D eigenvalue weighted by molar-refractivity contribution is 5.81. The van der Waals surface area contributed by atoms with Crippen molar-refractivity contribution in [2.24, 2.45) is 11.8 Å². The van der Waals surface area contributed by atoms with Crippen molar-refractivity contribution in [3.63, 3.8) is 0 Å². The lowest BCUT2D eigenvalue weighted by Gasteiger charge is -2.15. The van der Waals surface area contributed by atoms with E-state index in [1.54, 1.807) is 6.20 Å². The maximum Gasteiger partial charge on any atom is 0.312 e. The van der Waals surface area contributed by atoms with Crippen LogP contribution in [0.2, 0.25) is 0 Å². The molecular weight excluding hydrogens is 288 g/mol. The van der Waals surface area contributed by atoms with E-state index in [0.717, 1.165) is 42.4 Å². The van der Waals surface area contributed by atoms with Gasteiger partial charge < -0.3 is 9.64 Å². The molecule has 23 heavy (non-hydrogen) atoms. The minimum atomic E-state index is -0.155. The van der Waals surface area contributed by atoms with E-state index in [-0.39, 0.29) is 5.97 Å². The number of benzene rings is 1. The number of fused-ring (bicyclic) bond motifs is 2. The van der Waals surface area contributed by atoms with Crippen molar-refractivity contribution in [1.29, 1.82) is 0 Å². The second-order valence-corrected chi connectivity index (χ2v) is 6.79. The van der Waals surface area contributed by atoms with Crippen LogP contribution in [-0.4, -0.2) is 35.5 Å². The molecule has 0 spiro atoms. The second kappa shape index (κ2) is 6.28. The Labute approximate surface area is 136 Å². The molecule has 2 fully saturated rings. The summed E-state index contributed by atoms with van der Waals surface area (Å²) in [5.74, 6) is 2.17. The molecule has 4 rings (SSSR count). The first-order valence-corrected chi connectivity index (χ1v) is 8.56. The summed E-state index contributed by atoms with van der Waals surface area (Å²) in [4.78, 5) is 18.8. The Bertz CT molecular complexity index is 703. The van der Waals surface area contributed by atoms with Crippen molar-refractivity contribution in [1.82, 2.24) is 9.88 Å². The monoisotopic (exact) mass is 310 g/mol. The van der Waals surface area contributed by atoms with E-state index < -0.39 is 0 Å². The highest BCUT2D eigenvalue weighted by Gasteiger charge is 2.35. The van der Waals surface area contributed by atoms with Gasteiger partial charge in [-0.3, -0.25) is 9.78 Å². The van der Waals surface area contributed by atoms with Crippen molar-refractivity contribution in [2.45, 2.75) is 25.7 Å². The average molecular weight is 310 g/mol. The summed E-state index contributed by atoms with van der Waals surface area (Å²) < 4.78 is 5.47. The standard InChI is InChI=1S/C19H22N2O2/c22-19(8-10-21-12-15-3-1-4-16(15)13-21)23-17-7-6-14-5-2-9-20-18(14)11-17/h2,5-7,9,11,15-16H,1,3-4,8,10,12-13H2. The number of rotatable bonds is 4. The molecule has 120 valence electrons. The first kappa shape index (κ1) is 14.6. The van der Waals surface area contributed by atoms with Crippen molar-refractivity contribution in [2.75, 3.05) is 19.6 Å². The Hall–Kier alpha value is -1.94. The maximum atomic E-state index is 12.1. The Balaban J connectivity index is 1.31. The number of carbonyl (C=O) groups excluding carboxylic acids is 1. The fourth-order valence-electron chi connectivity index (χ4n) is 4.06. The van der Waals surface area contributed by atoms with Gasteiger partial charge in [0.05, 0.1) is 11.9 Å². The van der Waals surface area contributed by atoms with Crippen LogP contribution in [0.15, 0.2) is 36.5 Å². The highest BCUT2D eigenvalue weighted by Crippen LogP contribution is 2.37. The molecule has 0 bridgehead atoms. The Morgan fingerprint density at radius 3 is 2.87 bits per heavy atom. The Morgan fingerprint density at radius 2 is 2.04 bits per heavy atom. The number of nitrogens with zero attached hydrogens (tertiary/aromatic N) is 2. The lowest BCUT2D eigenvalue weighted by molar-refractivity contribution is -0.134. The number of carbonyl (C=O) groups is 1. The summed E-state index contributed by atoms with van der Waals surface area (Å²) in [6.07, 6.45) is 6.34. The van der Waals surface area contributed by atoms with E-state index in [1.165, 1.54) is 19.3 Å². The Morgan fingerprint density at radius 1 is 1.22 bits per heavy atom. The number of hydrogen-bond acceptors (Lipinski definition) is 4. The van der Waals surface area contributed by atoms with E-state index in [4.69, 9.17) is 4.74 Å². The van der Waals surface area contributed by atoms with Crippen LogP contribution < -0.4 is 4.74 Å². The van der Waals surface area contributed by atoms with Crippen molar-refractivity contribution in [3.05, 3.63) is 36.5 Å². The lowest BCUT2D eigenvalue weighted by Crippen LogP contribution is -2.26. The minimum absolute atomic E-state index is 0.155. The van der Waals surface area contributed by atoms with Gasteiger partial charge in [-0.25, -0.2) is 0 Å². The summed E-state index contributed by atoms with van der Waals surface area (Å²) in [5, 5.41) is 1.05. The fourth-order valence-corrected chi connectivity index (χ4v) is 4.06. The summed E-state index contributed by atoms with van der Waals surface area (Å²) in [6, 6.07) is 9.50. The summed E-state index contributed by atoms with van der Waals surface area (Å²) in [7, 11) is 0. The van der Waals surface area contributed by atoms with Gasteiger partial charge in [0, 0.05) is 37.3 Å². The van der Waals surface area contributed by atoms with Gasteiger partial charge in [0.2, 0.25) is 0 Å². The van der Waals surface area contributed by atoms with E-state index in [1.807, 2.05) is 30.3 Å². The topological polar surface area (TPSA) is 42.4 Å². The van der Waals surface area contributed by atoms with Gasteiger partial charge in [0.15, 0.2) is 0 Å². The Kier molecular flexibility index (Phi) is 4.00. The molecule has 2 heterocycles. The van der Waals surface area contributed by atoms with Gasteiger partial charge >= 0.3 is 5.97 Å². The third-order valence-corrected chi connectivity index (χ3v) is 5.24. The zero-order chi connectivity index (χ0) is 15.6. The van der Waals surface area contributed by atoms with Crippen LogP contribution in [0.4, 0.5) is 0 Å². The molecule has 0 radical (unpaired) electrons. The zero-order valence-corrected chi connectivity index (χ0v) is 13.3. The van der Waals surface area contributed by atoms with Gasteiger partial charge in [-0.2, -0.15) is 0 Å². The molecule has 2 atom stereocenters. The maximum absolute atomic E-state index is 12.1. The first-order valence-electron chi connectivity index (χ1n) is 8.56. The largest absolute Gasteiger partial charge is 0.426 e. The number of likely N-dealkylation sites (tertiary alicyclic amines) is 1. The summed E-state index contributed by atoms with van der Waals surface area (Å²) in [5.41, 5.74) is 0.852. The zero-order valence-electron chi connectivity index (χ0n) is 13.3. The summed E-state index contributed by atoms with van der Waals surface area (Å²) >= 11 is 0. The molecule has 1 aromatic heterocycles. The predicted molar refractivity (Wildman–Crippen MR) is 89.3 cm³/mol. The van der Waals surface area contributed by atoms with Crippen LogP contribution in [0.3, 0.4) is 0 Å². The predicted octanol–water partition coefficient (Wildman–Crippen LogP) is 3.26. The molecule has 1 saturated carbocycles. The molecule has 2 unspecified atom stereocenters. The number of ether oxygens (including phenoxy) is 1. The molecule has 0 amide bonds. The van der Waals surface area contributed by atoms with Crippen LogP contribution in [0.25, 0.3) is 10.9 Å². The third kappa shape index (κ3) is 3.22. The average Bonchev–Trinajstić information content (AvgIpc) is 3.14. The van der Waals surface area contributed by atoms with Gasteiger partial charge in [-0.1, -0.05) is 12.5 Å². The smallest absolute Gasteiger partial charge is 0.312 e. The van der Waals surface area contributed by atoms with Gasteiger partial charge in [0.1, 0.15) is 5.75 Å². The molecule has 1 aliphatic carbocycles.